The van der Waals surface area contributed by atoms with Gasteiger partial charge in [-0.3, -0.25) is 4.79 Å². The Hall–Kier alpha value is -4.16. The van der Waals surface area contributed by atoms with Gasteiger partial charge in [0.15, 0.2) is 34.3 Å². The van der Waals surface area contributed by atoms with Gasteiger partial charge in [-0.05, 0) is 6.92 Å². The number of imidazole rings is 1. The number of fused-ring (bicyclic) bond motifs is 1. The molecule has 4 aromatic rings. The average Bonchev–Trinajstić information content (AvgIpc) is 3.45. The van der Waals surface area contributed by atoms with E-state index in [4.69, 9.17) is 9.93 Å². The summed E-state index contributed by atoms with van der Waals surface area (Å²) in [7, 11) is 3.39. The van der Waals surface area contributed by atoms with Gasteiger partial charge in [0.25, 0.3) is 5.91 Å². The fourth-order valence-corrected chi connectivity index (χ4v) is 2.76. The van der Waals surface area contributed by atoms with Crippen LogP contribution in [0.2, 0.25) is 0 Å². The lowest BCUT2D eigenvalue weighted by atomic mass is 10.2. The van der Waals surface area contributed by atoms with Crippen LogP contribution < -0.4 is 10.6 Å². The molecule has 29 heavy (non-hydrogen) atoms. The predicted molar refractivity (Wildman–Crippen MR) is 101 cm³/mol. The van der Waals surface area contributed by atoms with Crippen molar-refractivity contribution in [2.45, 2.75) is 13.0 Å². The Kier molecular flexibility index (Phi) is 4.46. The molecule has 0 saturated heterocycles. The third-order valence-electron chi connectivity index (χ3n) is 4.26. The molecule has 4 N–H and O–H groups in total. The zero-order chi connectivity index (χ0) is 20.5. The Morgan fingerprint density at radius 1 is 1.41 bits per heavy atom. The SMILES string of the molecule is CNc1nc(-c2cc([C@@H](C)NC(=O)c3ncnc4c3nnn4C)on2)[nH]c1C=N. The molecular formula is C16H17N11O2. The molecule has 0 aliphatic carbocycles. The zero-order valence-electron chi connectivity index (χ0n) is 15.8. The first-order valence-electron chi connectivity index (χ1n) is 8.58. The first kappa shape index (κ1) is 18.2. The first-order valence-corrected chi connectivity index (χ1v) is 8.58. The number of carbonyl (C=O) groups is 1. The molecule has 148 valence electrons. The van der Waals surface area contributed by atoms with Gasteiger partial charge in [-0.25, -0.2) is 19.6 Å². The molecule has 0 aliphatic rings. The highest BCUT2D eigenvalue weighted by atomic mass is 16.5. The molecule has 13 heteroatoms. The molecule has 0 aliphatic heterocycles. The van der Waals surface area contributed by atoms with Gasteiger partial charge in [0, 0.05) is 26.4 Å². The second-order valence-corrected chi connectivity index (χ2v) is 6.16. The summed E-state index contributed by atoms with van der Waals surface area (Å²) in [6.07, 6.45) is 2.44. The lowest BCUT2D eigenvalue weighted by molar-refractivity contribution is 0.0930. The van der Waals surface area contributed by atoms with E-state index < -0.39 is 11.9 Å². The largest absolute Gasteiger partial charge is 0.371 e. The molecule has 4 rings (SSSR count). The van der Waals surface area contributed by atoms with Crippen LogP contribution in [-0.4, -0.2) is 59.3 Å². The van der Waals surface area contributed by atoms with E-state index >= 15 is 0 Å². The predicted octanol–water partition coefficient (Wildman–Crippen LogP) is 0.667. The minimum absolute atomic E-state index is 0.120. The van der Waals surface area contributed by atoms with Gasteiger partial charge in [0.1, 0.15) is 17.7 Å². The quantitative estimate of drug-likeness (QED) is 0.342. The maximum atomic E-state index is 12.7. The second-order valence-electron chi connectivity index (χ2n) is 6.16. The maximum absolute atomic E-state index is 12.7. The molecule has 4 heterocycles. The number of nitrogens with one attached hydrogen (secondary N) is 4. The number of aryl methyl sites for hydroxylation is 1. The summed E-state index contributed by atoms with van der Waals surface area (Å²) in [5.41, 5.74) is 1.86. The monoisotopic (exact) mass is 395 g/mol. The van der Waals surface area contributed by atoms with Crippen molar-refractivity contribution in [3.8, 4) is 11.5 Å². The number of hydrogen-bond acceptors (Lipinski definition) is 10. The number of amides is 1. The number of hydrogen-bond donors (Lipinski definition) is 4. The van der Waals surface area contributed by atoms with Gasteiger partial charge >= 0.3 is 0 Å². The zero-order valence-corrected chi connectivity index (χ0v) is 15.8. The van der Waals surface area contributed by atoms with E-state index in [2.05, 4.69) is 46.0 Å². The Labute approximate surface area is 163 Å². The smallest absolute Gasteiger partial charge is 0.273 e. The molecule has 0 saturated carbocycles. The van der Waals surface area contributed by atoms with Crippen LogP contribution in [0.4, 0.5) is 5.82 Å². The van der Waals surface area contributed by atoms with E-state index in [-0.39, 0.29) is 5.69 Å². The minimum atomic E-state index is -0.494. The van der Waals surface area contributed by atoms with E-state index in [9.17, 15) is 4.79 Å². The summed E-state index contributed by atoms with van der Waals surface area (Å²) in [5.74, 6) is 0.956. The van der Waals surface area contributed by atoms with Crippen molar-refractivity contribution in [1.29, 1.82) is 5.41 Å². The third kappa shape index (κ3) is 3.18. The van der Waals surface area contributed by atoms with Crippen molar-refractivity contribution < 1.29 is 9.32 Å². The van der Waals surface area contributed by atoms with Crippen molar-refractivity contribution >= 4 is 29.1 Å². The summed E-state index contributed by atoms with van der Waals surface area (Å²) in [6, 6.07) is 1.17. The molecule has 0 bridgehead atoms. The van der Waals surface area contributed by atoms with Crippen LogP contribution in [-0.2, 0) is 7.05 Å². The number of rotatable bonds is 6. The highest BCUT2D eigenvalue weighted by Crippen LogP contribution is 2.23. The Morgan fingerprint density at radius 2 is 2.24 bits per heavy atom. The Morgan fingerprint density at radius 3 is 2.97 bits per heavy atom. The Bertz CT molecular complexity index is 1200. The van der Waals surface area contributed by atoms with Crippen LogP contribution in [0, 0.1) is 5.41 Å². The van der Waals surface area contributed by atoms with Crippen molar-refractivity contribution in [1.82, 2.24) is 45.4 Å². The second kappa shape index (κ2) is 7.10. The van der Waals surface area contributed by atoms with Crippen molar-refractivity contribution in [2.75, 3.05) is 12.4 Å². The van der Waals surface area contributed by atoms with Gasteiger partial charge < -0.3 is 25.5 Å². The molecule has 0 spiro atoms. The van der Waals surface area contributed by atoms with E-state index in [1.165, 1.54) is 11.0 Å². The standard InChI is InChI=1S/C16H17N11O2/c1-7(21-16(28)12-11-15(20-6-19-12)27(3)26-24-11)10-4-8(25-29-10)14-22-9(5-17)13(18-2)23-14/h4-7,17-18H,1-3H3,(H,21,28)(H,22,23)/t7-/m1/s1. The molecule has 0 unspecified atom stereocenters. The molecule has 13 nitrogen and oxygen atoms in total. The third-order valence-corrected chi connectivity index (χ3v) is 4.26. The number of aromatic nitrogens is 8. The molecule has 0 aromatic carbocycles. The van der Waals surface area contributed by atoms with Crippen LogP contribution >= 0.6 is 0 Å². The number of carbonyl (C=O) groups excluding carboxylic acids is 1. The number of nitrogens with zero attached hydrogens (tertiary/aromatic N) is 7. The van der Waals surface area contributed by atoms with Gasteiger partial charge in [-0.2, -0.15) is 0 Å². The lowest BCUT2D eigenvalue weighted by Crippen LogP contribution is -2.27. The summed E-state index contributed by atoms with van der Waals surface area (Å²) < 4.78 is 6.82. The number of aromatic amines is 1. The lowest BCUT2D eigenvalue weighted by Gasteiger charge is -2.09. The fraction of sp³-hybridized carbons (Fsp3) is 0.250. The van der Waals surface area contributed by atoms with Crippen LogP contribution in [0.3, 0.4) is 0 Å². The average molecular weight is 395 g/mol. The van der Waals surface area contributed by atoms with E-state index in [1.807, 2.05) is 0 Å². The highest BCUT2D eigenvalue weighted by Gasteiger charge is 2.22. The molecule has 1 atom stereocenters. The number of anilines is 1. The molecule has 1 amide bonds. The highest BCUT2D eigenvalue weighted by molar-refractivity contribution is 6.01. The Balaban J connectivity index is 1.55. The van der Waals surface area contributed by atoms with Crippen LogP contribution in [0.1, 0.15) is 34.9 Å². The molecule has 4 aromatic heterocycles. The van der Waals surface area contributed by atoms with Crippen molar-refractivity contribution in [2.24, 2.45) is 7.05 Å². The summed E-state index contributed by atoms with van der Waals surface area (Å²) in [6.45, 7) is 1.75. The van der Waals surface area contributed by atoms with Crippen LogP contribution in [0.15, 0.2) is 16.9 Å². The molecule has 0 fully saturated rings. The van der Waals surface area contributed by atoms with Gasteiger partial charge in [0.2, 0.25) is 0 Å². The minimum Gasteiger partial charge on any atom is -0.371 e. The first-order chi connectivity index (χ1) is 14.0. The van der Waals surface area contributed by atoms with Gasteiger partial charge in [-0.15, -0.1) is 5.10 Å². The molecule has 0 radical (unpaired) electrons. The van der Waals surface area contributed by atoms with Crippen LogP contribution in [0.25, 0.3) is 22.7 Å². The summed E-state index contributed by atoms with van der Waals surface area (Å²) in [4.78, 5) is 28.1. The van der Waals surface area contributed by atoms with E-state index in [0.29, 0.717) is 40.0 Å². The van der Waals surface area contributed by atoms with E-state index in [0.717, 1.165) is 6.21 Å². The van der Waals surface area contributed by atoms with Crippen molar-refractivity contribution in [3.05, 3.63) is 29.5 Å². The van der Waals surface area contributed by atoms with Gasteiger partial charge in [-0.1, -0.05) is 10.4 Å². The van der Waals surface area contributed by atoms with Crippen LogP contribution in [0.5, 0.6) is 0 Å². The summed E-state index contributed by atoms with van der Waals surface area (Å²) in [5, 5.41) is 24.9. The summed E-state index contributed by atoms with van der Waals surface area (Å²) >= 11 is 0. The van der Waals surface area contributed by atoms with Gasteiger partial charge in [0.05, 0.1) is 6.04 Å². The van der Waals surface area contributed by atoms with E-state index in [1.54, 1.807) is 27.1 Å². The normalized spacial score (nSPS) is 12.1. The van der Waals surface area contributed by atoms with Crippen molar-refractivity contribution in [3.63, 3.8) is 0 Å². The fourth-order valence-electron chi connectivity index (χ4n) is 2.76. The topological polar surface area (TPSA) is 176 Å². The maximum Gasteiger partial charge on any atom is 0.273 e. The number of H-pyrrole nitrogens is 1. The molecular weight excluding hydrogens is 378 g/mol.